The maximum Gasteiger partial charge on any atom is 0.333 e. The van der Waals surface area contributed by atoms with Gasteiger partial charge in [-0.1, -0.05) is 32.4 Å². The van der Waals surface area contributed by atoms with E-state index in [1.54, 1.807) is 0 Å². The summed E-state index contributed by atoms with van der Waals surface area (Å²) in [5, 5.41) is 3.65. The van der Waals surface area contributed by atoms with E-state index in [-0.39, 0.29) is 10.6 Å². The van der Waals surface area contributed by atoms with Crippen molar-refractivity contribution in [1.29, 1.82) is 0 Å². The molecular weight excluding hydrogens is 198 g/mol. The molecule has 0 unspecified atom stereocenters. The van der Waals surface area contributed by atoms with Gasteiger partial charge in [0.1, 0.15) is 0 Å². The molecule has 2 nitrogen and oxygen atoms in total. The zero-order valence-electron chi connectivity index (χ0n) is 7.68. The Hall–Kier alpha value is -0.640. The van der Waals surface area contributed by atoms with E-state index in [9.17, 15) is 8.78 Å². The second-order valence-electron chi connectivity index (χ2n) is 3.84. The first-order chi connectivity index (χ1) is 5.82. The topological polar surface area (TPSA) is 17.8 Å². The molecule has 0 atom stereocenters. The molecule has 74 valence electrons. The van der Waals surface area contributed by atoms with Crippen LogP contribution in [-0.2, 0) is 5.41 Å². The van der Waals surface area contributed by atoms with Crippen LogP contribution in [-0.4, -0.2) is 9.78 Å². The zero-order chi connectivity index (χ0) is 10.2. The van der Waals surface area contributed by atoms with E-state index in [1.807, 2.05) is 20.8 Å². The van der Waals surface area contributed by atoms with Gasteiger partial charge in [-0.05, 0) is 5.41 Å². The Bertz CT molecular complexity index is 302. The lowest BCUT2D eigenvalue weighted by Crippen LogP contribution is -2.10. The Labute approximate surface area is 80.5 Å². The van der Waals surface area contributed by atoms with E-state index >= 15 is 0 Å². The van der Waals surface area contributed by atoms with Crippen LogP contribution in [0, 0.1) is 0 Å². The zero-order valence-corrected chi connectivity index (χ0v) is 8.44. The summed E-state index contributed by atoms with van der Waals surface area (Å²) < 4.78 is 25.0. The average Bonchev–Trinajstić information content (AvgIpc) is 2.29. The van der Waals surface area contributed by atoms with E-state index in [0.29, 0.717) is 10.2 Å². The van der Waals surface area contributed by atoms with Gasteiger partial charge in [0.15, 0.2) is 5.15 Å². The van der Waals surface area contributed by atoms with E-state index in [2.05, 4.69) is 5.10 Å². The van der Waals surface area contributed by atoms with Gasteiger partial charge in [-0.25, -0.2) is 4.68 Å². The smallest absolute Gasteiger partial charge is 0.210 e. The first-order valence-electron chi connectivity index (χ1n) is 3.85. The number of halogens is 3. The summed E-state index contributed by atoms with van der Waals surface area (Å²) in [6, 6.07) is 0. The van der Waals surface area contributed by atoms with Crippen molar-refractivity contribution in [2.45, 2.75) is 32.7 Å². The van der Waals surface area contributed by atoms with Crippen LogP contribution < -0.4 is 0 Å². The second kappa shape index (κ2) is 3.25. The first-order valence-corrected chi connectivity index (χ1v) is 4.23. The molecule has 0 fully saturated rings. The lowest BCUT2D eigenvalue weighted by Gasteiger charge is -2.15. The van der Waals surface area contributed by atoms with Gasteiger partial charge < -0.3 is 0 Å². The van der Waals surface area contributed by atoms with Crippen molar-refractivity contribution in [1.82, 2.24) is 9.78 Å². The Morgan fingerprint density at radius 2 is 2.00 bits per heavy atom. The van der Waals surface area contributed by atoms with Crippen LogP contribution in [0.3, 0.4) is 0 Å². The van der Waals surface area contributed by atoms with Crippen LogP contribution in [0.1, 0.15) is 32.9 Å². The lowest BCUT2D eigenvalue weighted by atomic mass is 9.90. The SMILES string of the molecule is CC(C)(C)c1cn(C(F)F)nc1Cl. The molecule has 0 saturated heterocycles. The van der Waals surface area contributed by atoms with Crippen LogP contribution >= 0.6 is 11.6 Å². The predicted octanol–water partition coefficient (Wildman–Crippen LogP) is 3.23. The van der Waals surface area contributed by atoms with Gasteiger partial charge in [-0.3, -0.25) is 0 Å². The van der Waals surface area contributed by atoms with E-state index in [1.165, 1.54) is 6.20 Å². The Kier molecular flexibility index (Phi) is 2.61. The van der Waals surface area contributed by atoms with E-state index in [4.69, 9.17) is 11.6 Å². The van der Waals surface area contributed by atoms with Crippen molar-refractivity contribution in [2.75, 3.05) is 0 Å². The minimum atomic E-state index is -2.63. The van der Waals surface area contributed by atoms with Crippen molar-refractivity contribution < 1.29 is 8.78 Å². The van der Waals surface area contributed by atoms with Crippen molar-refractivity contribution in [3.05, 3.63) is 16.9 Å². The highest BCUT2D eigenvalue weighted by atomic mass is 35.5. The van der Waals surface area contributed by atoms with Crippen LogP contribution in [0.15, 0.2) is 6.20 Å². The summed E-state index contributed by atoms with van der Waals surface area (Å²) in [7, 11) is 0. The summed E-state index contributed by atoms with van der Waals surface area (Å²) in [6.45, 7) is 3.05. The largest absolute Gasteiger partial charge is 0.333 e. The molecule has 0 N–H and O–H groups in total. The summed E-state index contributed by atoms with van der Waals surface area (Å²) in [5.41, 5.74) is 0.374. The molecule has 1 aromatic rings. The molecule has 1 aromatic heterocycles. The van der Waals surface area contributed by atoms with Gasteiger partial charge in [-0.2, -0.15) is 13.9 Å². The second-order valence-corrected chi connectivity index (χ2v) is 4.20. The number of aromatic nitrogens is 2. The maximum absolute atomic E-state index is 12.2. The molecule has 0 aliphatic heterocycles. The first kappa shape index (κ1) is 10.4. The molecule has 0 saturated carbocycles. The molecule has 0 aliphatic rings. The number of rotatable bonds is 1. The number of hydrogen-bond donors (Lipinski definition) is 0. The van der Waals surface area contributed by atoms with Gasteiger partial charge in [0, 0.05) is 11.8 Å². The third kappa shape index (κ3) is 2.18. The minimum Gasteiger partial charge on any atom is -0.210 e. The monoisotopic (exact) mass is 208 g/mol. The number of hydrogen-bond acceptors (Lipinski definition) is 1. The average molecular weight is 209 g/mol. The van der Waals surface area contributed by atoms with Gasteiger partial charge in [0.2, 0.25) is 0 Å². The van der Waals surface area contributed by atoms with Crippen LogP contribution in [0.5, 0.6) is 0 Å². The summed E-state index contributed by atoms with van der Waals surface area (Å²) >= 11 is 5.71. The molecular formula is C8H11ClF2N2. The highest BCUT2D eigenvalue weighted by Gasteiger charge is 2.22. The summed E-state index contributed by atoms with van der Waals surface area (Å²) in [5.74, 6) is 0. The molecule has 1 rings (SSSR count). The van der Waals surface area contributed by atoms with Gasteiger partial charge in [-0.15, -0.1) is 0 Å². The Morgan fingerprint density at radius 1 is 1.46 bits per heavy atom. The summed E-state index contributed by atoms with van der Waals surface area (Å²) in [6.07, 6.45) is 1.28. The van der Waals surface area contributed by atoms with E-state index < -0.39 is 6.55 Å². The molecule has 13 heavy (non-hydrogen) atoms. The highest BCUT2D eigenvalue weighted by Crippen LogP contribution is 2.29. The molecule has 0 amide bonds. The third-order valence-corrected chi connectivity index (χ3v) is 1.97. The van der Waals surface area contributed by atoms with Crippen LogP contribution in [0.4, 0.5) is 8.78 Å². The molecule has 0 spiro atoms. The van der Waals surface area contributed by atoms with E-state index in [0.717, 1.165) is 0 Å². The molecule has 0 aromatic carbocycles. The van der Waals surface area contributed by atoms with Crippen molar-refractivity contribution in [2.24, 2.45) is 0 Å². The number of nitrogens with zero attached hydrogens (tertiary/aromatic N) is 2. The summed E-state index contributed by atoms with van der Waals surface area (Å²) in [4.78, 5) is 0. The molecule has 5 heteroatoms. The standard InChI is InChI=1S/C8H11ClF2N2/c1-8(2,3)5-4-13(7(10)11)12-6(5)9/h4,7H,1-3H3. The highest BCUT2D eigenvalue weighted by molar-refractivity contribution is 6.30. The van der Waals surface area contributed by atoms with Gasteiger partial charge >= 0.3 is 6.55 Å². The molecule has 1 heterocycles. The Balaban J connectivity index is 3.11. The fraction of sp³-hybridized carbons (Fsp3) is 0.625. The maximum atomic E-state index is 12.2. The fourth-order valence-corrected chi connectivity index (χ4v) is 1.39. The molecule has 0 bridgehead atoms. The predicted molar refractivity (Wildman–Crippen MR) is 47.2 cm³/mol. The Morgan fingerprint density at radius 3 is 2.23 bits per heavy atom. The van der Waals surface area contributed by atoms with Crippen molar-refractivity contribution in [3.63, 3.8) is 0 Å². The van der Waals surface area contributed by atoms with Gasteiger partial charge in [0.25, 0.3) is 0 Å². The molecule has 0 radical (unpaired) electrons. The van der Waals surface area contributed by atoms with Gasteiger partial charge in [0.05, 0.1) is 0 Å². The van der Waals surface area contributed by atoms with Crippen LogP contribution in [0.25, 0.3) is 0 Å². The fourth-order valence-electron chi connectivity index (χ4n) is 0.973. The van der Waals surface area contributed by atoms with Crippen molar-refractivity contribution in [3.8, 4) is 0 Å². The lowest BCUT2D eigenvalue weighted by molar-refractivity contribution is 0.0565. The quantitative estimate of drug-likeness (QED) is 0.693. The number of alkyl halides is 2. The molecule has 0 aliphatic carbocycles. The normalized spacial score (nSPS) is 12.5. The third-order valence-electron chi connectivity index (χ3n) is 1.69. The minimum absolute atomic E-state index is 0.146. The van der Waals surface area contributed by atoms with Crippen LogP contribution in [0.2, 0.25) is 5.15 Å². The van der Waals surface area contributed by atoms with Crippen molar-refractivity contribution >= 4 is 11.6 Å².